The minimum absolute atomic E-state index is 0.106. The SMILES string of the molecule is Cn1[nH]c(=O)cc1Nc1ccccc1. The average Bonchev–Trinajstić information content (AvgIpc) is 2.47. The molecule has 4 nitrogen and oxygen atoms in total. The van der Waals surface area contributed by atoms with E-state index in [1.165, 1.54) is 6.07 Å². The zero-order valence-corrected chi connectivity index (χ0v) is 7.82. The number of para-hydroxylation sites is 1. The second kappa shape index (κ2) is 3.41. The Morgan fingerprint density at radius 3 is 2.57 bits per heavy atom. The molecule has 0 spiro atoms. The first-order chi connectivity index (χ1) is 6.75. The van der Waals surface area contributed by atoms with Crippen molar-refractivity contribution in [1.82, 2.24) is 9.78 Å². The van der Waals surface area contributed by atoms with Gasteiger partial charge in [-0.3, -0.25) is 14.6 Å². The van der Waals surface area contributed by atoms with Crippen LogP contribution in [0.3, 0.4) is 0 Å². The van der Waals surface area contributed by atoms with Crippen LogP contribution in [0.25, 0.3) is 0 Å². The lowest BCUT2D eigenvalue weighted by Gasteiger charge is -2.05. The van der Waals surface area contributed by atoms with Gasteiger partial charge in [0.25, 0.3) is 5.56 Å². The maximum atomic E-state index is 11.0. The van der Waals surface area contributed by atoms with Gasteiger partial charge in [0, 0.05) is 18.8 Å². The van der Waals surface area contributed by atoms with Gasteiger partial charge in [0.15, 0.2) is 0 Å². The zero-order valence-electron chi connectivity index (χ0n) is 7.82. The lowest BCUT2D eigenvalue weighted by Crippen LogP contribution is -2.01. The molecule has 0 atom stereocenters. The molecule has 1 aromatic carbocycles. The van der Waals surface area contributed by atoms with Gasteiger partial charge in [0.05, 0.1) is 0 Å². The van der Waals surface area contributed by atoms with E-state index in [0.29, 0.717) is 0 Å². The van der Waals surface area contributed by atoms with Crippen molar-refractivity contribution in [2.45, 2.75) is 0 Å². The van der Waals surface area contributed by atoms with E-state index in [0.717, 1.165) is 11.5 Å². The van der Waals surface area contributed by atoms with Crippen molar-refractivity contribution in [2.75, 3.05) is 5.32 Å². The Morgan fingerprint density at radius 2 is 2.00 bits per heavy atom. The Bertz CT molecular complexity index is 470. The number of hydrogen-bond acceptors (Lipinski definition) is 2. The van der Waals surface area contributed by atoms with Crippen LogP contribution in [-0.2, 0) is 7.05 Å². The summed E-state index contributed by atoms with van der Waals surface area (Å²) in [4.78, 5) is 11.0. The van der Waals surface area contributed by atoms with Crippen LogP contribution in [0.5, 0.6) is 0 Å². The summed E-state index contributed by atoms with van der Waals surface area (Å²) < 4.78 is 1.65. The predicted molar refractivity (Wildman–Crippen MR) is 55.8 cm³/mol. The summed E-state index contributed by atoms with van der Waals surface area (Å²) in [5.74, 6) is 0.751. The van der Waals surface area contributed by atoms with E-state index < -0.39 is 0 Å². The largest absolute Gasteiger partial charge is 0.340 e. The highest BCUT2D eigenvalue weighted by Crippen LogP contribution is 2.12. The van der Waals surface area contributed by atoms with Gasteiger partial charge in [-0.15, -0.1) is 0 Å². The summed E-state index contributed by atoms with van der Waals surface area (Å²) in [6.45, 7) is 0. The van der Waals surface area contributed by atoms with E-state index in [-0.39, 0.29) is 5.56 Å². The Morgan fingerprint density at radius 1 is 1.29 bits per heavy atom. The second-order valence-electron chi connectivity index (χ2n) is 3.06. The van der Waals surface area contributed by atoms with E-state index >= 15 is 0 Å². The van der Waals surface area contributed by atoms with E-state index in [1.807, 2.05) is 30.3 Å². The molecular formula is C10H11N3O. The van der Waals surface area contributed by atoms with Crippen molar-refractivity contribution >= 4 is 11.5 Å². The van der Waals surface area contributed by atoms with Crippen LogP contribution in [0, 0.1) is 0 Å². The maximum absolute atomic E-state index is 11.0. The van der Waals surface area contributed by atoms with Crippen molar-refractivity contribution in [3.63, 3.8) is 0 Å². The Labute approximate surface area is 81.2 Å². The van der Waals surface area contributed by atoms with Crippen LogP contribution in [0.2, 0.25) is 0 Å². The molecule has 4 heteroatoms. The molecule has 0 saturated carbocycles. The third-order valence-electron chi connectivity index (χ3n) is 1.95. The van der Waals surface area contributed by atoms with Gasteiger partial charge in [-0.25, -0.2) is 0 Å². The van der Waals surface area contributed by atoms with Crippen LogP contribution in [-0.4, -0.2) is 9.78 Å². The van der Waals surface area contributed by atoms with Crippen molar-refractivity contribution in [2.24, 2.45) is 7.05 Å². The fourth-order valence-corrected chi connectivity index (χ4v) is 1.27. The Kier molecular flexibility index (Phi) is 2.10. The number of nitrogens with zero attached hydrogens (tertiary/aromatic N) is 1. The molecule has 2 rings (SSSR count). The average molecular weight is 189 g/mol. The highest BCUT2D eigenvalue weighted by Gasteiger charge is 1.99. The number of anilines is 2. The lowest BCUT2D eigenvalue weighted by molar-refractivity contribution is 0.765. The van der Waals surface area contributed by atoms with Gasteiger partial charge in [0.1, 0.15) is 5.82 Å². The molecule has 0 aliphatic rings. The molecule has 1 aromatic heterocycles. The summed E-state index contributed by atoms with van der Waals surface area (Å²) in [6.07, 6.45) is 0. The third-order valence-corrected chi connectivity index (χ3v) is 1.95. The lowest BCUT2D eigenvalue weighted by atomic mass is 10.3. The fraction of sp³-hybridized carbons (Fsp3) is 0.100. The quantitative estimate of drug-likeness (QED) is 0.751. The van der Waals surface area contributed by atoms with Gasteiger partial charge >= 0.3 is 0 Å². The van der Waals surface area contributed by atoms with Gasteiger partial charge in [0.2, 0.25) is 0 Å². The van der Waals surface area contributed by atoms with E-state index in [1.54, 1.807) is 11.7 Å². The van der Waals surface area contributed by atoms with Crippen LogP contribution in [0.4, 0.5) is 11.5 Å². The molecule has 0 fully saturated rings. The minimum atomic E-state index is -0.106. The number of rotatable bonds is 2. The number of aromatic amines is 1. The summed E-state index contributed by atoms with van der Waals surface area (Å²) in [5, 5.41) is 5.75. The normalized spacial score (nSPS) is 10.1. The number of aromatic nitrogens is 2. The zero-order chi connectivity index (χ0) is 9.97. The molecular weight excluding hydrogens is 178 g/mol. The standard InChI is InChI=1S/C10H11N3O/c1-13-9(7-10(14)12-13)11-8-5-3-2-4-6-8/h2-7,11H,1H3,(H,12,14). The van der Waals surface area contributed by atoms with Gasteiger partial charge in [-0.05, 0) is 12.1 Å². The molecule has 0 amide bonds. The molecule has 0 bridgehead atoms. The number of nitrogens with one attached hydrogen (secondary N) is 2. The van der Waals surface area contributed by atoms with Crippen molar-refractivity contribution < 1.29 is 0 Å². The first kappa shape index (κ1) is 8.62. The Balaban J connectivity index is 2.27. The molecule has 2 N–H and O–H groups in total. The van der Waals surface area contributed by atoms with Crippen molar-refractivity contribution in [3.05, 3.63) is 46.8 Å². The topological polar surface area (TPSA) is 49.8 Å². The molecule has 1 heterocycles. The number of hydrogen-bond donors (Lipinski definition) is 2. The molecule has 2 aromatic rings. The van der Waals surface area contributed by atoms with E-state index in [2.05, 4.69) is 10.4 Å². The predicted octanol–water partition coefficient (Wildman–Crippen LogP) is 1.46. The highest BCUT2D eigenvalue weighted by atomic mass is 16.1. The van der Waals surface area contributed by atoms with Crippen LogP contribution < -0.4 is 10.9 Å². The monoisotopic (exact) mass is 189 g/mol. The molecule has 0 unspecified atom stereocenters. The Hall–Kier alpha value is -1.97. The third kappa shape index (κ3) is 1.69. The summed E-state index contributed by atoms with van der Waals surface area (Å²) in [7, 11) is 1.78. The highest BCUT2D eigenvalue weighted by molar-refractivity contribution is 5.55. The maximum Gasteiger partial charge on any atom is 0.266 e. The van der Waals surface area contributed by atoms with Gasteiger partial charge in [-0.1, -0.05) is 18.2 Å². The molecule has 0 saturated heterocycles. The van der Waals surface area contributed by atoms with Crippen LogP contribution in [0.1, 0.15) is 0 Å². The summed E-state index contributed by atoms with van der Waals surface area (Å²) in [6, 6.07) is 11.2. The van der Waals surface area contributed by atoms with Gasteiger partial charge < -0.3 is 5.32 Å². The smallest absolute Gasteiger partial charge is 0.266 e. The van der Waals surface area contributed by atoms with Crippen LogP contribution in [0.15, 0.2) is 41.2 Å². The number of benzene rings is 1. The van der Waals surface area contributed by atoms with Crippen molar-refractivity contribution in [1.29, 1.82) is 0 Å². The summed E-state index contributed by atoms with van der Waals surface area (Å²) >= 11 is 0. The molecule has 0 aliphatic carbocycles. The number of aryl methyl sites for hydroxylation is 1. The minimum Gasteiger partial charge on any atom is -0.340 e. The molecule has 14 heavy (non-hydrogen) atoms. The number of H-pyrrole nitrogens is 1. The summed E-state index contributed by atoms with van der Waals surface area (Å²) in [5.41, 5.74) is 0.855. The van der Waals surface area contributed by atoms with E-state index in [9.17, 15) is 4.79 Å². The van der Waals surface area contributed by atoms with E-state index in [4.69, 9.17) is 0 Å². The van der Waals surface area contributed by atoms with Gasteiger partial charge in [-0.2, -0.15) is 0 Å². The fourth-order valence-electron chi connectivity index (χ4n) is 1.27. The molecule has 0 radical (unpaired) electrons. The van der Waals surface area contributed by atoms with Crippen LogP contribution >= 0.6 is 0 Å². The first-order valence-electron chi connectivity index (χ1n) is 4.34. The second-order valence-corrected chi connectivity index (χ2v) is 3.06. The molecule has 72 valence electrons. The van der Waals surface area contributed by atoms with Crippen molar-refractivity contribution in [3.8, 4) is 0 Å². The first-order valence-corrected chi connectivity index (χ1v) is 4.34. The molecule has 0 aliphatic heterocycles.